The van der Waals surface area contributed by atoms with Crippen LogP contribution in [0.3, 0.4) is 0 Å². The molecule has 0 N–H and O–H groups in total. The number of hydrogen-bond donors (Lipinski definition) is 0. The quantitative estimate of drug-likeness (QED) is 0.165. The average molecular weight is 843 g/mol. The van der Waals surface area contributed by atoms with Crippen molar-refractivity contribution in [1.82, 2.24) is 0 Å². The first kappa shape index (κ1) is 36.9. The number of ether oxygens (including phenoxy) is 2. The SMILES string of the molecule is c1ccc(-c2ccc3c(c2)B2c4cc(-c5ccccc5)ccc4Oc4cc(N5c6ccccc6C6(c7ccccc7N(c7ccccc7)c7ccccc76)c6ccccc65)cc(c42)O3)cc1. The summed E-state index contributed by atoms with van der Waals surface area (Å²) < 4.78 is 14.2. The van der Waals surface area contributed by atoms with Crippen LogP contribution in [0, 0.1) is 0 Å². The van der Waals surface area contributed by atoms with Crippen LogP contribution in [0.2, 0.25) is 0 Å². The molecule has 4 nitrogen and oxygen atoms in total. The van der Waals surface area contributed by atoms with E-state index >= 15 is 0 Å². The van der Waals surface area contributed by atoms with E-state index in [-0.39, 0.29) is 6.71 Å². The third kappa shape index (κ3) is 5.22. The summed E-state index contributed by atoms with van der Waals surface area (Å²) in [5, 5.41) is 0. The molecule has 0 aromatic heterocycles. The van der Waals surface area contributed by atoms with Crippen molar-refractivity contribution in [1.29, 1.82) is 0 Å². The standard InChI is InChI=1S/C61H39BN2O2/c1-4-18-40(19-5-1)42-32-34-56-50(36-42)62-51-37-43(41-20-6-2-7-21-41)33-35-57(51)66-59-39-45(38-58(65-56)60(59)62)64-54-30-16-12-26-48(54)61(49-27-13-17-31-55(49)64)46-24-10-14-28-52(46)63(44-22-8-3-9-23-44)53-29-15-11-25-47(53)61/h1-39H. The highest BCUT2D eigenvalue weighted by Gasteiger charge is 2.52. The summed E-state index contributed by atoms with van der Waals surface area (Å²) >= 11 is 0. The summed E-state index contributed by atoms with van der Waals surface area (Å²) in [6.07, 6.45) is 0. The third-order valence-electron chi connectivity index (χ3n) is 14.1. The molecule has 0 fully saturated rings. The molecule has 4 aliphatic heterocycles. The molecule has 0 unspecified atom stereocenters. The molecule has 1 spiro atoms. The van der Waals surface area contributed by atoms with Crippen LogP contribution in [0.5, 0.6) is 23.0 Å². The predicted molar refractivity (Wildman–Crippen MR) is 270 cm³/mol. The second-order valence-electron chi connectivity index (χ2n) is 17.6. The number of rotatable bonds is 4. The van der Waals surface area contributed by atoms with Crippen LogP contribution in [-0.2, 0) is 5.41 Å². The summed E-state index contributed by atoms with van der Waals surface area (Å²) in [6.45, 7) is -0.115. The zero-order valence-corrected chi connectivity index (χ0v) is 35.8. The van der Waals surface area contributed by atoms with Crippen LogP contribution in [0.4, 0.5) is 34.1 Å². The third-order valence-corrected chi connectivity index (χ3v) is 14.1. The number of para-hydroxylation sites is 5. The molecule has 5 heteroatoms. The molecule has 4 aliphatic rings. The summed E-state index contributed by atoms with van der Waals surface area (Å²) in [5.41, 5.74) is 18.8. The van der Waals surface area contributed by atoms with Crippen molar-refractivity contribution in [2.45, 2.75) is 5.41 Å². The second kappa shape index (κ2) is 14.2. The fraction of sp³-hybridized carbons (Fsp3) is 0.0164. The highest BCUT2D eigenvalue weighted by Crippen LogP contribution is 2.64. The molecule has 308 valence electrons. The van der Waals surface area contributed by atoms with Gasteiger partial charge in [0.15, 0.2) is 0 Å². The molecule has 14 rings (SSSR count). The molecular weight excluding hydrogens is 803 g/mol. The largest absolute Gasteiger partial charge is 0.458 e. The highest BCUT2D eigenvalue weighted by molar-refractivity contribution is 6.98. The normalized spacial score (nSPS) is 14.0. The fourth-order valence-corrected chi connectivity index (χ4v) is 11.4. The van der Waals surface area contributed by atoms with Crippen molar-refractivity contribution in [2.24, 2.45) is 0 Å². The Balaban J connectivity index is 0.984. The number of nitrogens with zero attached hydrogens (tertiary/aromatic N) is 2. The lowest BCUT2D eigenvalue weighted by molar-refractivity contribution is 0.465. The van der Waals surface area contributed by atoms with Crippen LogP contribution in [-0.4, -0.2) is 6.71 Å². The topological polar surface area (TPSA) is 24.9 Å². The first-order valence-electron chi connectivity index (χ1n) is 22.7. The average Bonchev–Trinajstić information content (AvgIpc) is 3.39. The molecule has 0 aliphatic carbocycles. The Bertz CT molecular complexity index is 3360. The molecule has 0 atom stereocenters. The fourth-order valence-electron chi connectivity index (χ4n) is 11.4. The molecule has 0 bridgehead atoms. The van der Waals surface area contributed by atoms with Gasteiger partial charge >= 0.3 is 0 Å². The number of hydrogen-bond acceptors (Lipinski definition) is 4. The highest BCUT2D eigenvalue weighted by atomic mass is 16.5. The molecular formula is C61H39BN2O2. The molecule has 10 aromatic carbocycles. The summed E-state index contributed by atoms with van der Waals surface area (Å²) in [5.74, 6) is 3.30. The van der Waals surface area contributed by atoms with Gasteiger partial charge in [0, 0.05) is 23.3 Å². The van der Waals surface area contributed by atoms with Gasteiger partial charge in [-0.3, -0.25) is 0 Å². The summed E-state index contributed by atoms with van der Waals surface area (Å²) in [6, 6.07) is 85.5. The second-order valence-corrected chi connectivity index (χ2v) is 17.6. The van der Waals surface area contributed by atoms with Gasteiger partial charge in [0.05, 0.1) is 33.9 Å². The van der Waals surface area contributed by atoms with Crippen LogP contribution in [0.15, 0.2) is 237 Å². The van der Waals surface area contributed by atoms with Crippen molar-refractivity contribution in [2.75, 3.05) is 9.80 Å². The van der Waals surface area contributed by atoms with Gasteiger partial charge in [-0.15, -0.1) is 0 Å². The van der Waals surface area contributed by atoms with E-state index in [0.717, 1.165) is 84.6 Å². The lowest BCUT2D eigenvalue weighted by Gasteiger charge is -2.51. The zero-order chi connectivity index (χ0) is 43.3. The Morgan fingerprint density at radius 2 is 0.667 bits per heavy atom. The van der Waals surface area contributed by atoms with E-state index in [1.165, 1.54) is 33.4 Å². The number of fused-ring (bicyclic) bond motifs is 12. The minimum Gasteiger partial charge on any atom is -0.458 e. The summed E-state index contributed by atoms with van der Waals surface area (Å²) in [7, 11) is 0. The Morgan fingerprint density at radius 3 is 1.09 bits per heavy atom. The van der Waals surface area contributed by atoms with E-state index in [1.54, 1.807) is 0 Å². The zero-order valence-electron chi connectivity index (χ0n) is 35.8. The van der Waals surface area contributed by atoms with Crippen molar-refractivity contribution in [3.8, 4) is 45.3 Å². The van der Waals surface area contributed by atoms with Crippen LogP contribution in [0.25, 0.3) is 22.3 Å². The van der Waals surface area contributed by atoms with Crippen molar-refractivity contribution >= 4 is 57.2 Å². The van der Waals surface area contributed by atoms with E-state index in [2.05, 4.69) is 246 Å². The molecule has 10 aromatic rings. The Hall–Kier alpha value is -8.54. The number of anilines is 6. The minimum absolute atomic E-state index is 0.115. The van der Waals surface area contributed by atoms with E-state index < -0.39 is 5.41 Å². The maximum atomic E-state index is 7.10. The van der Waals surface area contributed by atoms with E-state index in [4.69, 9.17) is 9.47 Å². The van der Waals surface area contributed by atoms with E-state index in [9.17, 15) is 0 Å². The van der Waals surface area contributed by atoms with E-state index in [0.29, 0.717) is 0 Å². The maximum Gasteiger partial charge on any atom is 0.260 e. The molecule has 0 amide bonds. The number of benzene rings is 10. The van der Waals surface area contributed by atoms with E-state index in [1.807, 2.05) is 0 Å². The molecule has 0 saturated heterocycles. The first-order chi connectivity index (χ1) is 32.7. The Kier molecular flexibility index (Phi) is 7.96. The molecule has 4 heterocycles. The van der Waals surface area contributed by atoms with Gasteiger partial charge in [0.25, 0.3) is 6.71 Å². The van der Waals surface area contributed by atoms with Crippen LogP contribution in [0.1, 0.15) is 22.3 Å². The summed E-state index contributed by atoms with van der Waals surface area (Å²) in [4.78, 5) is 4.85. The van der Waals surface area contributed by atoms with Gasteiger partial charge in [-0.1, -0.05) is 176 Å². The first-order valence-corrected chi connectivity index (χ1v) is 22.7. The van der Waals surface area contributed by atoms with Gasteiger partial charge < -0.3 is 19.3 Å². The molecule has 0 saturated carbocycles. The van der Waals surface area contributed by atoms with Crippen LogP contribution < -0.4 is 35.7 Å². The molecule has 66 heavy (non-hydrogen) atoms. The molecule has 0 radical (unpaired) electrons. The minimum atomic E-state index is -0.631. The van der Waals surface area contributed by atoms with Crippen molar-refractivity contribution in [3.05, 3.63) is 259 Å². The Labute approximate surface area is 384 Å². The predicted octanol–water partition coefficient (Wildman–Crippen LogP) is 13.7. The maximum absolute atomic E-state index is 7.10. The lowest BCUT2D eigenvalue weighted by atomic mass is 9.34. The van der Waals surface area contributed by atoms with Gasteiger partial charge in [-0.2, -0.15) is 0 Å². The van der Waals surface area contributed by atoms with Crippen LogP contribution >= 0.6 is 0 Å². The monoisotopic (exact) mass is 842 g/mol. The van der Waals surface area contributed by atoms with Gasteiger partial charge in [0.2, 0.25) is 0 Å². The van der Waals surface area contributed by atoms with Gasteiger partial charge in [0.1, 0.15) is 23.0 Å². The lowest BCUT2D eigenvalue weighted by Crippen LogP contribution is -2.57. The van der Waals surface area contributed by atoms with Crippen molar-refractivity contribution in [3.63, 3.8) is 0 Å². The van der Waals surface area contributed by atoms with Crippen molar-refractivity contribution < 1.29 is 9.47 Å². The van der Waals surface area contributed by atoms with Gasteiger partial charge in [-0.05, 0) is 104 Å². The Morgan fingerprint density at radius 1 is 0.303 bits per heavy atom. The van der Waals surface area contributed by atoms with Gasteiger partial charge in [-0.25, -0.2) is 0 Å². The smallest absolute Gasteiger partial charge is 0.260 e.